The number of aliphatic imine (C=N–C) groups is 1. The maximum atomic E-state index is 12.1. The molecule has 136 valence electrons. The second-order valence-electron chi connectivity index (χ2n) is 6.98. The molecule has 2 rings (SSSR count). The van der Waals surface area contributed by atoms with Crippen molar-refractivity contribution in [3.63, 3.8) is 0 Å². The van der Waals surface area contributed by atoms with Gasteiger partial charge in [0.2, 0.25) is 0 Å². The van der Waals surface area contributed by atoms with Gasteiger partial charge in [0, 0.05) is 38.9 Å². The maximum absolute atomic E-state index is 12.1. The molecule has 0 aromatic carbocycles. The molecule has 0 bridgehead atoms. The monoisotopic (exact) mass is 355 g/mol. The van der Waals surface area contributed by atoms with Crippen molar-refractivity contribution < 1.29 is 8.42 Å². The Morgan fingerprint density at radius 2 is 2.12 bits per heavy atom. The fourth-order valence-corrected chi connectivity index (χ4v) is 4.35. The van der Waals surface area contributed by atoms with E-state index in [1.54, 1.807) is 20.9 Å². The Morgan fingerprint density at radius 1 is 1.42 bits per heavy atom. The van der Waals surface area contributed by atoms with Gasteiger partial charge in [0.25, 0.3) is 0 Å². The molecule has 1 saturated heterocycles. The highest BCUT2D eigenvalue weighted by atomic mass is 32.2. The molecule has 0 saturated carbocycles. The minimum atomic E-state index is -3.04. The van der Waals surface area contributed by atoms with E-state index in [2.05, 4.69) is 28.4 Å². The van der Waals surface area contributed by atoms with Crippen LogP contribution in [0.2, 0.25) is 0 Å². The van der Waals surface area contributed by atoms with Gasteiger partial charge in [-0.2, -0.15) is 5.10 Å². The van der Waals surface area contributed by atoms with Crippen LogP contribution in [0.15, 0.2) is 11.1 Å². The molecule has 2 heterocycles. The van der Waals surface area contributed by atoms with Crippen molar-refractivity contribution in [3.05, 3.63) is 17.5 Å². The molecule has 0 aliphatic carbocycles. The third kappa shape index (κ3) is 4.09. The molecule has 1 aromatic heterocycles. The first kappa shape index (κ1) is 18.8. The average molecular weight is 356 g/mol. The van der Waals surface area contributed by atoms with Crippen molar-refractivity contribution in [2.45, 2.75) is 45.4 Å². The fraction of sp³-hybridized carbons (Fsp3) is 0.750. The van der Waals surface area contributed by atoms with Crippen LogP contribution >= 0.6 is 0 Å². The van der Waals surface area contributed by atoms with Crippen LogP contribution in [0.3, 0.4) is 0 Å². The minimum absolute atomic E-state index is 0.173. The lowest BCUT2D eigenvalue weighted by atomic mass is 10.2. The van der Waals surface area contributed by atoms with E-state index in [9.17, 15) is 8.42 Å². The van der Waals surface area contributed by atoms with Gasteiger partial charge in [-0.15, -0.1) is 0 Å². The zero-order valence-corrected chi connectivity index (χ0v) is 16.2. The van der Waals surface area contributed by atoms with E-state index in [4.69, 9.17) is 0 Å². The predicted molar refractivity (Wildman–Crippen MR) is 97.1 cm³/mol. The second kappa shape index (κ2) is 7.13. The van der Waals surface area contributed by atoms with E-state index >= 15 is 0 Å². The third-order valence-corrected chi connectivity index (χ3v) is 7.02. The molecule has 0 radical (unpaired) electrons. The Kier molecular flexibility index (Phi) is 5.57. The Labute approximate surface area is 145 Å². The van der Waals surface area contributed by atoms with Crippen LogP contribution in [0.1, 0.15) is 31.7 Å². The molecule has 24 heavy (non-hydrogen) atoms. The highest BCUT2D eigenvalue weighted by molar-refractivity contribution is 7.92. The Balaban J connectivity index is 1.86. The first-order chi connectivity index (χ1) is 11.2. The summed E-state index contributed by atoms with van der Waals surface area (Å²) >= 11 is 0. The second-order valence-corrected chi connectivity index (χ2v) is 9.72. The summed E-state index contributed by atoms with van der Waals surface area (Å²) in [6.07, 6.45) is 0.927. The quantitative estimate of drug-likeness (QED) is 0.495. The van der Waals surface area contributed by atoms with E-state index in [1.807, 2.05) is 16.5 Å². The molecule has 8 heteroatoms. The topological polar surface area (TPSA) is 79.6 Å². The lowest BCUT2D eigenvalue weighted by molar-refractivity contribution is 0.352. The van der Waals surface area contributed by atoms with Crippen LogP contribution in [0, 0.1) is 13.8 Å². The molecule has 1 aromatic rings. The lowest BCUT2D eigenvalue weighted by Crippen LogP contribution is -2.57. The van der Waals surface area contributed by atoms with Gasteiger partial charge < -0.3 is 10.2 Å². The summed E-state index contributed by atoms with van der Waals surface area (Å²) in [7, 11) is -1.30. The van der Waals surface area contributed by atoms with Crippen molar-refractivity contribution >= 4 is 15.8 Å². The van der Waals surface area contributed by atoms with Crippen LogP contribution in [0.4, 0.5) is 0 Å². The Bertz CT molecular complexity index is 706. The molecular formula is C16H29N5O2S. The van der Waals surface area contributed by atoms with Crippen molar-refractivity contribution in [2.24, 2.45) is 4.99 Å². The van der Waals surface area contributed by atoms with Gasteiger partial charge in [-0.25, -0.2) is 8.42 Å². The molecule has 0 amide bonds. The van der Waals surface area contributed by atoms with Crippen molar-refractivity contribution in [1.82, 2.24) is 20.0 Å². The molecular weight excluding hydrogens is 326 g/mol. The third-order valence-electron chi connectivity index (χ3n) is 4.49. The van der Waals surface area contributed by atoms with Crippen LogP contribution < -0.4 is 5.32 Å². The van der Waals surface area contributed by atoms with Gasteiger partial charge in [0.15, 0.2) is 15.8 Å². The summed E-state index contributed by atoms with van der Waals surface area (Å²) in [6.45, 7) is 10.2. The van der Waals surface area contributed by atoms with E-state index in [0.717, 1.165) is 31.2 Å². The van der Waals surface area contributed by atoms with Gasteiger partial charge in [-0.05, 0) is 40.2 Å². The van der Waals surface area contributed by atoms with Crippen LogP contribution in [0.25, 0.3) is 0 Å². The lowest BCUT2D eigenvalue weighted by Gasteiger charge is -2.39. The summed E-state index contributed by atoms with van der Waals surface area (Å²) in [6, 6.07) is 2.07. The van der Waals surface area contributed by atoms with Gasteiger partial charge in [-0.1, -0.05) is 0 Å². The van der Waals surface area contributed by atoms with E-state index < -0.39 is 14.6 Å². The summed E-state index contributed by atoms with van der Waals surface area (Å²) in [5.74, 6) is 0.943. The molecule has 0 unspecified atom stereocenters. The maximum Gasteiger partial charge on any atom is 0.193 e. The molecule has 0 spiro atoms. The molecule has 0 atom stereocenters. The normalized spacial score (nSPS) is 20.2. The highest BCUT2D eigenvalue weighted by Gasteiger charge is 2.40. The van der Waals surface area contributed by atoms with Crippen molar-refractivity contribution in [1.29, 1.82) is 0 Å². The average Bonchev–Trinajstić information content (AvgIpc) is 2.80. The van der Waals surface area contributed by atoms with Crippen LogP contribution in [-0.2, 0) is 16.4 Å². The van der Waals surface area contributed by atoms with E-state index in [0.29, 0.717) is 13.1 Å². The largest absolute Gasteiger partial charge is 0.356 e. The number of aryl methyl sites for hydroxylation is 3. The summed E-state index contributed by atoms with van der Waals surface area (Å²) in [5, 5.41) is 7.79. The number of rotatable bonds is 4. The summed E-state index contributed by atoms with van der Waals surface area (Å²) in [4.78, 5) is 6.34. The van der Waals surface area contributed by atoms with E-state index in [-0.39, 0.29) is 5.75 Å². The van der Waals surface area contributed by atoms with Crippen molar-refractivity contribution in [3.8, 4) is 0 Å². The molecule has 1 aliphatic rings. The van der Waals surface area contributed by atoms with Crippen molar-refractivity contribution in [2.75, 3.05) is 32.4 Å². The molecule has 1 aliphatic heterocycles. The summed E-state index contributed by atoms with van der Waals surface area (Å²) < 4.78 is 25.5. The highest BCUT2D eigenvalue weighted by Crippen LogP contribution is 2.23. The SMILES string of the molecule is CN=C(NCCCn1nc(C)cc1C)N1CCS(=O)(=O)C(C)(C)C1. The van der Waals surface area contributed by atoms with E-state index in [1.165, 1.54) is 5.69 Å². The Morgan fingerprint density at radius 3 is 2.67 bits per heavy atom. The number of sulfone groups is 1. The first-order valence-electron chi connectivity index (χ1n) is 8.35. The number of nitrogens with zero attached hydrogens (tertiary/aromatic N) is 4. The Hall–Kier alpha value is -1.57. The number of aromatic nitrogens is 2. The predicted octanol–water partition coefficient (Wildman–Crippen LogP) is 0.974. The van der Waals surface area contributed by atoms with Gasteiger partial charge in [0.05, 0.1) is 16.2 Å². The number of hydrogen-bond acceptors (Lipinski definition) is 4. The first-order valence-corrected chi connectivity index (χ1v) is 10.0. The zero-order valence-electron chi connectivity index (χ0n) is 15.3. The number of guanidine groups is 1. The standard InChI is InChI=1S/C16H29N5O2S/c1-13-11-14(2)21(19-13)8-6-7-18-15(17-5)20-9-10-24(22,23)16(3,4)12-20/h11H,6-10,12H2,1-5H3,(H,17,18). The number of nitrogens with one attached hydrogen (secondary N) is 1. The fourth-order valence-electron chi connectivity index (χ4n) is 2.99. The molecule has 1 N–H and O–H groups in total. The zero-order chi connectivity index (χ0) is 18.0. The molecule has 1 fully saturated rings. The molecule has 7 nitrogen and oxygen atoms in total. The van der Waals surface area contributed by atoms with Gasteiger partial charge in [0.1, 0.15) is 0 Å². The van der Waals surface area contributed by atoms with Crippen LogP contribution in [-0.4, -0.2) is 66.2 Å². The van der Waals surface area contributed by atoms with Gasteiger partial charge >= 0.3 is 0 Å². The summed E-state index contributed by atoms with van der Waals surface area (Å²) in [5.41, 5.74) is 2.20. The number of hydrogen-bond donors (Lipinski definition) is 1. The minimum Gasteiger partial charge on any atom is -0.356 e. The smallest absolute Gasteiger partial charge is 0.193 e. The van der Waals surface area contributed by atoms with Crippen LogP contribution in [0.5, 0.6) is 0 Å². The van der Waals surface area contributed by atoms with Gasteiger partial charge in [-0.3, -0.25) is 9.67 Å².